The van der Waals surface area contributed by atoms with E-state index in [-0.39, 0.29) is 0 Å². The van der Waals surface area contributed by atoms with Gasteiger partial charge in [-0.3, -0.25) is 0 Å². The van der Waals surface area contributed by atoms with Crippen molar-refractivity contribution in [3.05, 3.63) is 0 Å². The SMILES string of the molecule is CCC(CC)NCCCN1CCCCC1. The minimum Gasteiger partial charge on any atom is -0.314 e. The maximum absolute atomic E-state index is 3.63. The zero-order valence-electron chi connectivity index (χ0n) is 10.6. The normalized spacial score (nSPS) is 18.6. The van der Waals surface area contributed by atoms with Crippen LogP contribution < -0.4 is 5.32 Å². The van der Waals surface area contributed by atoms with Crippen LogP contribution in [0.3, 0.4) is 0 Å². The molecule has 1 saturated heterocycles. The Kier molecular flexibility index (Phi) is 7.03. The maximum atomic E-state index is 3.63. The van der Waals surface area contributed by atoms with Crippen molar-refractivity contribution in [2.75, 3.05) is 26.2 Å². The minimum absolute atomic E-state index is 0.742. The van der Waals surface area contributed by atoms with Crippen molar-refractivity contribution in [2.45, 2.75) is 58.4 Å². The van der Waals surface area contributed by atoms with Gasteiger partial charge in [0.2, 0.25) is 0 Å². The second-order valence-electron chi connectivity index (χ2n) is 4.72. The summed E-state index contributed by atoms with van der Waals surface area (Å²) in [5, 5.41) is 3.63. The summed E-state index contributed by atoms with van der Waals surface area (Å²) in [7, 11) is 0. The molecule has 0 aromatic carbocycles. The average Bonchev–Trinajstić information content (AvgIpc) is 2.31. The summed E-state index contributed by atoms with van der Waals surface area (Å²) in [4.78, 5) is 2.62. The third-order valence-electron chi connectivity index (χ3n) is 3.52. The highest BCUT2D eigenvalue weighted by Gasteiger charge is 2.09. The Morgan fingerprint density at radius 3 is 2.33 bits per heavy atom. The molecule has 0 aromatic heterocycles. The molecule has 2 heteroatoms. The van der Waals surface area contributed by atoms with Crippen LogP contribution >= 0.6 is 0 Å². The molecule has 0 unspecified atom stereocenters. The molecule has 0 aromatic rings. The van der Waals surface area contributed by atoms with E-state index in [0.717, 1.165) is 6.04 Å². The summed E-state index contributed by atoms with van der Waals surface area (Å²) in [6.45, 7) is 9.71. The van der Waals surface area contributed by atoms with Crippen LogP contribution in [0.4, 0.5) is 0 Å². The van der Waals surface area contributed by atoms with Gasteiger partial charge >= 0.3 is 0 Å². The van der Waals surface area contributed by atoms with Crippen LogP contribution in [-0.2, 0) is 0 Å². The standard InChI is InChI=1S/C13H28N2/c1-3-13(4-2)14-9-8-12-15-10-6-5-7-11-15/h13-14H,3-12H2,1-2H3. The number of hydrogen-bond acceptors (Lipinski definition) is 2. The van der Waals surface area contributed by atoms with E-state index < -0.39 is 0 Å². The van der Waals surface area contributed by atoms with Crippen molar-refractivity contribution in [1.29, 1.82) is 0 Å². The molecule has 0 radical (unpaired) electrons. The van der Waals surface area contributed by atoms with Gasteiger partial charge in [-0.25, -0.2) is 0 Å². The highest BCUT2D eigenvalue weighted by atomic mass is 15.1. The fourth-order valence-corrected chi connectivity index (χ4v) is 2.37. The first-order chi connectivity index (χ1) is 7.36. The van der Waals surface area contributed by atoms with Gasteiger partial charge in [-0.1, -0.05) is 20.3 Å². The number of nitrogens with one attached hydrogen (secondary N) is 1. The molecule has 1 fully saturated rings. The van der Waals surface area contributed by atoms with Crippen molar-refractivity contribution in [3.63, 3.8) is 0 Å². The highest BCUT2D eigenvalue weighted by molar-refractivity contribution is 4.66. The van der Waals surface area contributed by atoms with E-state index in [9.17, 15) is 0 Å². The fraction of sp³-hybridized carbons (Fsp3) is 1.00. The highest BCUT2D eigenvalue weighted by Crippen LogP contribution is 2.08. The van der Waals surface area contributed by atoms with Gasteiger partial charge < -0.3 is 10.2 Å². The molecule has 1 rings (SSSR count). The molecule has 0 atom stereocenters. The Labute approximate surface area is 95.4 Å². The zero-order chi connectivity index (χ0) is 10.9. The number of hydrogen-bond donors (Lipinski definition) is 1. The van der Waals surface area contributed by atoms with Crippen molar-refractivity contribution < 1.29 is 0 Å². The lowest BCUT2D eigenvalue weighted by Gasteiger charge is -2.26. The van der Waals surface area contributed by atoms with E-state index in [1.54, 1.807) is 0 Å². The third-order valence-corrected chi connectivity index (χ3v) is 3.52. The van der Waals surface area contributed by atoms with Crippen LogP contribution in [0, 0.1) is 0 Å². The Hall–Kier alpha value is -0.0800. The molecule has 0 amide bonds. The lowest BCUT2D eigenvalue weighted by atomic mass is 10.1. The largest absolute Gasteiger partial charge is 0.314 e. The first-order valence-electron chi connectivity index (χ1n) is 6.82. The van der Waals surface area contributed by atoms with Gasteiger partial charge in [0.25, 0.3) is 0 Å². The molecular weight excluding hydrogens is 184 g/mol. The Morgan fingerprint density at radius 1 is 1.07 bits per heavy atom. The summed E-state index contributed by atoms with van der Waals surface area (Å²) in [6.07, 6.45) is 8.12. The third kappa shape index (κ3) is 5.53. The van der Waals surface area contributed by atoms with Crippen molar-refractivity contribution in [3.8, 4) is 0 Å². The quantitative estimate of drug-likeness (QED) is 0.653. The Morgan fingerprint density at radius 2 is 1.73 bits per heavy atom. The van der Waals surface area contributed by atoms with Gasteiger partial charge in [0.05, 0.1) is 0 Å². The number of piperidine rings is 1. The zero-order valence-corrected chi connectivity index (χ0v) is 10.6. The molecule has 1 aliphatic rings. The second kappa shape index (κ2) is 8.12. The summed E-state index contributed by atoms with van der Waals surface area (Å²) in [5.41, 5.74) is 0. The van der Waals surface area contributed by atoms with Gasteiger partial charge in [0.15, 0.2) is 0 Å². The molecule has 15 heavy (non-hydrogen) atoms. The molecular formula is C13H28N2. The average molecular weight is 212 g/mol. The van der Waals surface area contributed by atoms with Crippen molar-refractivity contribution in [2.24, 2.45) is 0 Å². The van der Waals surface area contributed by atoms with Gasteiger partial charge in [-0.15, -0.1) is 0 Å². The number of likely N-dealkylation sites (tertiary alicyclic amines) is 1. The monoisotopic (exact) mass is 212 g/mol. The topological polar surface area (TPSA) is 15.3 Å². The summed E-state index contributed by atoms with van der Waals surface area (Å²) in [5.74, 6) is 0. The van der Waals surface area contributed by atoms with Gasteiger partial charge in [-0.2, -0.15) is 0 Å². The Balaban J connectivity index is 1.95. The predicted octanol–water partition coefficient (Wildman–Crippen LogP) is 2.64. The Bertz CT molecular complexity index is 137. The summed E-state index contributed by atoms with van der Waals surface area (Å²) in [6, 6.07) is 0.742. The van der Waals surface area contributed by atoms with Gasteiger partial charge in [0.1, 0.15) is 0 Å². The van der Waals surface area contributed by atoms with Gasteiger partial charge in [-0.05, 0) is 58.3 Å². The van der Waals surface area contributed by atoms with Crippen LogP contribution in [0.2, 0.25) is 0 Å². The molecule has 0 aliphatic carbocycles. The molecule has 1 N–H and O–H groups in total. The van der Waals surface area contributed by atoms with Crippen LogP contribution in [0.25, 0.3) is 0 Å². The van der Waals surface area contributed by atoms with E-state index in [4.69, 9.17) is 0 Å². The molecule has 0 spiro atoms. The fourth-order valence-electron chi connectivity index (χ4n) is 2.37. The summed E-state index contributed by atoms with van der Waals surface area (Å²) >= 11 is 0. The molecule has 1 aliphatic heterocycles. The minimum atomic E-state index is 0.742. The number of nitrogens with zero attached hydrogens (tertiary/aromatic N) is 1. The molecule has 0 saturated carbocycles. The van der Waals surface area contributed by atoms with E-state index in [1.807, 2.05) is 0 Å². The second-order valence-corrected chi connectivity index (χ2v) is 4.72. The van der Waals surface area contributed by atoms with Crippen LogP contribution in [0.1, 0.15) is 52.4 Å². The lowest BCUT2D eigenvalue weighted by molar-refractivity contribution is 0.224. The predicted molar refractivity (Wildman–Crippen MR) is 67.3 cm³/mol. The molecule has 2 nitrogen and oxygen atoms in total. The first kappa shape index (κ1) is 13.0. The number of rotatable bonds is 7. The van der Waals surface area contributed by atoms with Gasteiger partial charge in [0, 0.05) is 6.04 Å². The smallest absolute Gasteiger partial charge is 0.00618 e. The lowest BCUT2D eigenvalue weighted by Crippen LogP contribution is -2.34. The van der Waals surface area contributed by atoms with E-state index in [0.29, 0.717) is 0 Å². The van der Waals surface area contributed by atoms with Crippen molar-refractivity contribution >= 4 is 0 Å². The van der Waals surface area contributed by atoms with Crippen molar-refractivity contribution in [1.82, 2.24) is 10.2 Å². The van der Waals surface area contributed by atoms with Crippen LogP contribution in [0.5, 0.6) is 0 Å². The molecule has 1 heterocycles. The molecule has 0 bridgehead atoms. The molecule has 90 valence electrons. The van der Waals surface area contributed by atoms with E-state index in [2.05, 4.69) is 24.1 Å². The van der Waals surface area contributed by atoms with Crippen LogP contribution in [-0.4, -0.2) is 37.1 Å². The maximum Gasteiger partial charge on any atom is 0.00618 e. The first-order valence-corrected chi connectivity index (χ1v) is 6.82. The van der Waals surface area contributed by atoms with E-state index in [1.165, 1.54) is 64.7 Å². The van der Waals surface area contributed by atoms with Crippen LogP contribution in [0.15, 0.2) is 0 Å². The summed E-state index contributed by atoms with van der Waals surface area (Å²) < 4.78 is 0. The van der Waals surface area contributed by atoms with E-state index >= 15 is 0 Å².